The number of hydrogen-bond donors (Lipinski definition) is 1. The van der Waals surface area contributed by atoms with E-state index in [1.807, 2.05) is 0 Å². The number of fused-ring (bicyclic) bond motifs is 1. The lowest BCUT2D eigenvalue weighted by molar-refractivity contribution is 0.453. The highest BCUT2D eigenvalue weighted by molar-refractivity contribution is 5.84. The molecule has 2 atom stereocenters. The van der Waals surface area contributed by atoms with Crippen molar-refractivity contribution in [2.75, 3.05) is 0 Å². The van der Waals surface area contributed by atoms with E-state index in [4.69, 9.17) is 5.73 Å². The molecule has 0 fully saturated rings. The molecule has 0 amide bonds. The normalized spacial score (nSPS) is 14.7. The Labute approximate surface area is 116 Å². The van der Waals surface area contributed by atoms with E-state index in [2.05, 4.69) is 55.8 Å². The molecule has 2 nitrogen and oxygen atoms in total. The van der Waals surface area contributed by atoms with Gasteiger partial charge in [0, 0.05) is 29.7 Å². The summed E-state index contributed by atoms with van der Waals surface area (Å²) in [6.45, 7) is 7.77. The van der Waals surface area contributed by atoms with Crippen LogP contribution in [0.2, 0.25) is 0 Å². The van der Waals surface area contributed by atoms with Gasteiger partial charge in [-0.2, -0.15) is 0 Å². The van der Waals surface area contributed by atoms with Gasteiger partial charge in [0.15, 0.2) is 0 Å². The molecule has 0 spiro atoms. The van der Waals surface area contributed by atoms with Crippen LogP contribution in [0.3, 0.4) is 0 Å². The fourth-order valence-electron chi connectivity index (χ4n) is 2.90. The molecule has 0 saturated heterocycles. The van der Waals surface area contributed by atoms with Gasteiger partial charge in [-0.25, -0.2) is 0 Å². The van der Waals surface area contributed by atoms with Gasteiger partial charge >= 0.3 is 0 Å². The molecule has 1 aromatic heterocycles. The predicted molar refractivity (Wildman–Crippen MR) is 83.4 cm³/mol. The maximum absolute atomic E-state index is 5.96. The van der Waals surface area contributed by atoms with E-state index in [-0.39, 0.29) is 6.04 Å². The first-order valence-electron chi connectivity index (χ1n) is 7.44. The van der Waals surface area contributed by atoms with Gasteiger partial charge in [-0.05, 0) is 37.3 Å². The fraction of sp³-hybridized carbons (Fsp3) is 0.529. The van der Waals surface area contributed by atoms with E-state index in [1.165, 1.54) is 29.3 Å². The summed E-state index contributed by atoms with van der Waals surface area (Å²) in [6.07, 6.45) is 5.80. The number of rotatable bonds is 6. The van der Waals surface area contributed by atoms with E-state index in [9.17, 15) is 0 Å². The molecular weight excluding hydrogens is 232 g/mol. The second-order valence-electron chi connectivity index (χ2n) is 5.90. The average Bonchev–Trinajstić information content (AvgIpc) is 2.68. The van der Waals surface area contributed by atoms with Crippen LogP contribution >= 0.6 is 0 Å². The average molecular weight is 258 g/mol. The van der Waals surface area contributed by atoms with Crippen LogP contribution in [0.5, 0.6) is 0 Å². The van der Waals surface area contributed by atoms with Gasteiger partial charge in [0.25, 0.3) is 0 Å². The molecule has 2 N–H and O–H groups in total. The molecule has 2 aromatic rings. The molecule has 0 bridgehead atoms. The Morgan fingerprint density at radius 3 is 2.63 bits per heavy atom. The lowest BCUT2D eigenvalue weighted by atomic mass is 10.1. The van der Waals surface area contributed by atoms with Gasteiger partial charge < -0.3 is 10.3 Å². The zero-order valence-electron chi connectivity index (χ0n) is 12.4. The molecule has 0 saturated carbocycles. The van der Waals surface area contributed by atoms with Crippen LogP contribution < -0.4 is 5.73 Å². The zero-order chi connectivity index (χ0) is 13.8. The van der Waals surface area contributed by atoms with E-state index < -0.39 is 0 Å². The Balaban J connectivity index is 2.33. The molecule has 19 heavy (non-hydrogen) atoms. The number of benzene rings is 1. The Morgan fingerprint density at radius 1 is 1.21 bits per heavy atom. The maximum atomic E-state index is 5.96. The van der Waals surface area contributed by atoms with Gasteiger partial charge in [-0.1, -0.05) is 38.5 Å². The van der Waals surface area contributed by atoms with Crippen LogP contribution in [0, 0.1) is 5.92 Å². The first-order chi connectivity index (χ1) is 9.11. The van der Waals surface area contributed by atoms with Crippen molar-refractivity contribution in [1.82, 2.24) is 4.57 Å². The van der Waals surface area contributed by atoms with Gasteiger partial charge in [-0.15, -0.1) is 0 Å². The fourth-order valence-corrected chi connectivity index (χ4v) is 2.90. The first kappa shape index (κ1) is 14.1. The lowest BCUT2D eigenvalue weighted by Crippen LogP contribution is -2.17. The summed E-state index contributed by atoms with van der Waals surface area (Å²) in [5.41, 5.74) is 8.70. The number of nitrogens with two attached hydrogens (primary N) is 1. The molecule has 2 rings (SSSR count). The van der Waals surface area contributed by atoms with Crippen molar-refractivity contribution in [2.24, 2.45) is 11.7 Å². The van der Waals surface area contributed by atoms with Gasteiger partial charge in [0.2, 0.25) is 0 Å². The second kappa shape index (κ2) is 6.25. The summed E-state index contributed by atoms with van der Waals surface area (Å²) in [7, 11) is 0. The Hall–Kier alpha value is -1.28. The zero-order valence-corrected chi connectivity index (χ0v) is 12.4. The minimum atomic E-state index is 0.215. The maximum Gasteiger partial charge on any atom is 0.0483 e. The predicted octanol–water partition coefficient (Wildman–Crippen LogP) is 3.97. The van der Waals surface area contributed by atoms with Crippen LogP contribution in [-0.2, 0) is 13.0 Å². The Morgan fingerprint density at radius 2 is 1.95 bits per heavy atom. The quantitative estimate of drug-likeness (QED) is 0.835. The highest BCUT2D eigenvalue weighted by Crippen LogP contribution is 2.24. The van der Waals surface area contributed by atoms with Crippen molar-refractivity contribution in [3.8, 4) is 0 Å². The number of hydrogen-bond acceptors (Lipinski definition) is 1. The summed E-state index contributed by atoms with van der Waals surface area (Å²) in [5.74, 6) is 0.726. The highest BCUT2D eigenvalue weighted by Gasteiger charge is 2.11. The van der Waals surface area contributed by atoms with Crippen LogP contribution in [0.25, 0.3) is 10.9 Å². The minimum Gasteiger partial charge on any atom is -0.347 e. The van der Waals surface area contributed by atoms with Gasteiger partial charge in [0.1, 0.15) is 0 Å². The molecule has 0 aliphatic carbocycles. The SMILES string of the molecule is CCCC(C)Cn1cc(CC(C)N)c2ccccc21. The lowest BCUT2D eigenvalue weighted by Gasteiger charge is -2.12. The molecule has 1 heterocycles. The summed E-state index contributed by atoms with van der Waals surface area (Å²) < 4.78 is 2.41. The third kappa shape index (κ3) is 3.38. The summed E-state index contributed by atoms with van der Waals surface area (Å²) in [4.78, 5) is 0. The van der Waals surface area contributed by atoms with Crippen molar-refractivity contribution >= 4 is 10.9 Å². The smallest absolute Gasteiger partial charge is 0.0483 e. The standard InChI is InChI=1S/C17H26N2/c1-4-7-13(2)11-19-12-15(10-14(3)18)16-8-5-6-9-17(16)19/h5-6,8-9,12-14H,4,7,10-11,18H2,1-3H3. The molecule has 0 aliphatic rings. The third-order valence-electron chi connectivity index (χ3n) is 3.70. The van der Waals surface area contributed by atoms with Crippen LogP contribution in [0.15, 0.2) is 30.5 Å². The molecule has 2 unspecified atom stereocenters. The van der Waals surface area contributed by atoms with Crippen LogP contribution in [0.1, 0.15) is 39.2 Å². The first-order valence-corrected chi connectivity index (χ1v) is 7.44. The Bertz CT molecular complexity index is 525. The molecule has 1 aromatic carbocycles. The molecule has 104 valence electrons. The van der Waals surface area contributed by atoms with Gasteiger partial charge in [-0.3, -0.25) is 0 Å². The van der Waals surface area contributed by atoms with E-state index in [0.29, 0.717) is 0 Å². The highest BCUT2D eigenvalue weighted by atomic mass is 15.0. The number of para-hydroxylation sites is 1. The minimum absolute atomic E-state index is 0.215. The monoisotopic (exact) mass is 258 g/mol. The van der Waals surface area contributed by atoms with Crippen molar-refractivity contribution in [1.29, 1.82) is 0 Å². The van der Waals surface area contributed by atoms with Crippen molar-refractivity contribution in [3.63, 3.8) is 0 Å². The van der Waals surface area contributed by atoms with Crippen molar-refractivity contribution < 1.29 is 0 Å². The van der Waals surface area contributed by atoms with Crippen molar-refractivity contribution in [3.05, 3.63) is 36.0 Å². The van der Waals surface area contributed by atoms with E-state index in [0.717, 1.165) is 18.9 Å². The van der Waals surface area contributed by atoms with Gasteiger partial charge in [0.05, 0.1) is 0 Å². The molecular formula is C17H26N2. The van der Waals surface area contributed by atoms with Crippen LogP contribution in [-0.4, -0.2) is 10.6 Å². The number of aromatic nitrogens is 1. The van der Waals surface area contributed by atoms with E-state index >= 15 is 0 Å². The third-order valence-corrected chi connectivity index (χ3v) is 3.70. The summed E-state index contributed by atoms with van der Waals surface area (Å²) in [5, 5.41) is 1.36. The largest absolute Gasteiger partial charge is 0.347 e. The second-order valence-corrected chi connectivity index (χ2v) is 5.90. The molecule has 2 heteroatoms. The summed E-state index contributed by atoms with van der Waals surface area (Å²) in [6, 6.07) is 8.89. The molecule has 0 aliphatic heterocycles. The topological polar surface area (TPSA) is 30.9 Å². The number of nitrogens with zero attached hydrogens (tertiary/aromatic N) is 1. The van der Waals surface area contributed by atoms with E-state index in [1.54, 1.807) is 0 Å². The van der Waals surface area contributed by atoms with Crippen LogP contribution in [0.4, 0.5) is 0 Å². The summed E-state index contributed by atoms with van der Waals surface area (Å²) >= 11 is 0. The Kier molecular flexibility index (Phi) is 4.65. The van der Waals surface area contributed by atoms with Crippen molar-refractivity contribution in [2.45, 2.75) is 52.6 Å². The molecule has 0 radical (unpaired) electrons.